The van der Waals surface area contributed by atoms with Crippen LogP contribution >= 0.6 is 0 Å². The van der Waals surface area contributed by atoms with Crippen LogP contribution in [0.1, 0.15) is 51.3 Å². The van der Waals surface area contributed by atoms with Gasteiger partial charge in [-0.3, -0.25) is 0 Å². The first-order valence-electron chi connectivity index (χ1n) is 9.71. The van der Waals surface area contributed by atoms with E-state index in [0.29, 0.717) is 11.4 Å². The predicted molar refractivity (Wildman–Crippen MR) is 108 cm³/mol. The lowest BCUT2D eigenvalue weighted by atomic mass is 9.92. The summed E-state index contributed by atoms with van der Waals surface area (Å²) in [7, 11) is 1.78. The summed E-state index contributed by atoms with van der Waals surface area (Å²) in [5.41, 5.74) is 1.36. The first kappa shape index (κ1) is 20.6. The predicted octanol–water partition coefficient (Wildman–Crippen LogP) is 4.85. The van der Waals surface area contributed by atoms with E-state index in [-0.39, 0.29) is 5.82 Å². The molecule has 3 rings (SSSR count). The minimum Gasteiger partial charge on any atom is -0.371 e. The quantitative estimate of drug-likeness (QED) is 0.818. The highest BCUT2D eigenvalue weighted by molar-refractivity contribution is 5.93. The fourth-order valence-corrected chi connectivity index (χ4v) is 3.41. The van der Waals surface area contributed by atoms with Crippen molar-refractivity contribution in [1.82, 2.24) is 15.5 Å². The van der Waals surface area contributed by atoms with Gasteiger partial charge in [-0.25, -0.2) is 4.39 Å². The van der Waals surface area contributed by atoms with E-state index in [9.17, 15) is 4.39 Å². The van der Waals surface area contributed by atoms with Gasteiger partial charge in [0.1, 0.15) is 5.82 Å². The van der Waals surface area contributed by atoms with Crippen LogP contribution in [0.2, 0.25) is 0 Å². The van der Waals surface area contributed by atoms with Crippen LogP contribution in [0.15, 0.2) is 12.1 Å². The molecule has 26 heavy (non-hydrogen) atoms. The molecule has 0 spiro atoms. The third kappa shape index (κ3) is 4.91. The van der Waals surface area contributed by atoms with Crippen LogP contribution in [0, 0.1) is 31.5 Å². The molecule has 1 aromatic carbocycles. The van der Waals surface area contributed by atoms with Gasteiger partial charge in [-0.05, 0) is 62.8 Å². The van der Waals surface area contributed by atoms with Crippen molar-refractivity contribution in [2.24, 2.45) is 11.8 Å². The van der Waals surface area contributed by atoms with E-state index in [1.165, 1.54) is 31.9 Å². The molecule has 1 aliphatic heterocycles. The Balaban J connectivity index is 0.000000197. The van der Waals surface area contributed by atoms with Crippen molar-refractivity contribution in [3.63, 3.8) is 0 Å². The lowest BCUT2D eigenvalue weighted by Gasteiger charge is -2.19. The largest absolute Gasteiger partial charge is 0.371 e. The Morgan fingerprint density at radius 1 is 1.27 bits per heavy atom. The normalized spacial score (nSPS) is 20.6. The highest BCUT2D eigenvalue weighted by atomic mass is 19.1. The number of hydrogen-bond acceptors (Lipinski definition) is 4. The lowest BCUT2D eigenvalue weighted by Crippen LogP contribution is -2.27. The maximum absolute atomic E-state index is 13.4. The summed E-state index contributed by atoms with van der Waals surface area (Å²) in [6.45, 7) is 11.8. The molecule has 2 aromatic rings. The maximum atomic E-state index is 13.4. The fraction of sp³-hybridized carbons (Fsp3) is 0.619. The van der Waals surface area contributed by atoms with E-state index in [0.717, 1.165) is 34.3 Å². The number of nitrogens with zero attached hydrogens (tertiary/aromatic N) is 2. The molecule has 1 aromatic heterocycles. The second-order valence-electron chi connectivity index (χ2n) is 7.61. The number of benzene rings is 1. The van der Waals surface area contributed by atoms with Crippen molar-refractivity contribution in [2.75, 3.05) is 18.9 Å². The standard InChI is InChI=1S/C11H12FN3.C10H21N/c1-6-4-9-8(5-10(6)12)7(2)14-15-11(9)13-3;1-4-8(2)7-10-9(3)5-6-11-10/h4-5H,1-3H3,(H,13,15);8-11H,4-7H2,1-3H3/t;8?,9?,10-/m.1/s1. The van der Waals surface area contributed by atoms with Gasteiger partial charge in [-0.15, -0.1) is 5.10 Å². The molecular formula is C21H33FN4. The molecule has 144 valence electrons. The zero-order chi connectivity index (χ0) is 19.3. The van der Waals surface area contributed by atoms with Gasteiger partial charge >= 0.3 is 0 Å². The van der Waals surface area contributed by atoms with Gasteiger partial charge in [0.05, 0.1) is 5.69 Å². The Kier molecular flexibility index (Phi) is 7.33. The lowest BCUT2D eigenvalue weighted by molar-refractivity contribution is 0.374. The molecule has 0 bridgehead atoms. The van der Waals surface area contributed by atoms with Gasteiger partial charge in [0.2, 0.25) is 0 Å². The number of hydrogen-bond donors (Lipinski definition) is 2. The Bertz CT molecular complexity index is 732. The summed E-state index contributed by atoms with van der Waals surface area (Å²) in [5.74, 6) is 2.27. The molecular weight excluding hydrogens is 327 g/mol. The van der Waals surface area contributed by atoms with Crippen LogP contribution < -0.4 is 10.6 Å². The summed E-state index contributed by atoms with van der Waals surface area (Å²) >= 11 is 0. The molecule has 0 aliphatic carbocycles. The van der Waals surface area contributed by atoms with E-state index in [4.69, 9.17) is 0 Å². The van der Waals surface area contributed by atoms with Gasteiger partial charge in [0, 0.05) is 23.9 Å². The minimum absolute atomic E-state index is 0.208. The van der Waals surface area contributed by atoms with E-state index < -0.39 is 0 Å². The number of aryl methyl sites for hydroxylation is 2. The first-order chi connectivity index (χ1) is 12.4. The monoisotopic (exact) mass is 360 g/mol. The van der Waals surface area contributed by atoms with Gasteiger partial charge in [0.15, 0.2) is 5.82 Å². The number of fused-ring (bicyclic) bond motifs is 1. The highest BCUT2D eigenvalue weighted by Crippen LogP contribution is 2.25. The SMILES string of the molecule is CCC(C)C[C@H]1NCCC1C.CNc1nnc(C)c2cc(F)c(C)cc12. The van der Waals surface area contributed by atoms with E-state index in [1.807, 2.05) is 6.92 Å². The zero-order valence-corrected chi connectivity index (χ0v) is 17.0. The summed E-state index contributed by atoms with van der Waals surface area (Å²) in [6.07, 6.45) is 4.07. The minimum atomic E-state index is -0.208. The third-order valence-corrected chi connectivity index (χ3v) is 5.53. The second-order valence-corrected chi connectivity index (χ2v) is 7.61. The summed E-state index contributed by atoms with van der Waals surface area (Å²) in [5, 5.41) is 16.2. The average molecular weight is 361 g/mol. The molecule has 3 atom stereocenters. The van der Waals surface area contributed by atoms with Crippen LogP contribution in [0.4, 0.5) is 10.2 Å². The Morgan fingerprint density at radius 2 is 2.00 bits per heavy atom. The number of halogens is 1. The topological polar surface area (TPSA) is 49.8 Å². The van der Waals surface area contributed by atoms with Crippen LogP contribution in [-0.2, 0) is 0 Å². The van der Waals surface area contributed by atoms with Crippen LogP contribution in [0.5, 0.6) is 0 Å². The number of nitrogens with one attached hydrogen (secondary N) is 2. The number of rotatable bonds is 4. The summed E-state index contributed by atoms with van der Waals surface area (Å²) in [4.78, 5) is 0. The molecule has 1 fully saturated rings. The Labute approximate surface area is 157 Å². The highest BCUT2D eigenvalue weighted by Gasteiger charge is 2.23. The molecule has 2 unspecified atom stereocenters. The van der Waals surface area contributed by atoms with Gasteiger partial charge in [0.25, 0.3) is 0 Å². The van der Waals surface area contributed by atoms with Crippen LogP contribution in [0.25, 0.3) is 10.8 Å². The molecule has 5 heteroatoms. The smallest absolute Gasteiger partial charge is 0.156 e. The van der Waals surface area contributed by atoms with Crippen molar-refractivity contribution in [3.8, 4) is 0 Å². The van der Waals surface area contributed by atoms with Gasteiger partial charge < -0.3 is 10.6 Å². The number of anilines is 1. The molecule has 0 amide bonds. The van der Waals surface area contributed by atoms with Crippen molar-refractivity contribution >= 4 is 16.6 Å². The van der Waals surface area contributed by atoms with Crippen molar-refractivity contribution in [3.05, 3.63) is 29.2 Å². The second kappa shape index (κ2) is 9.26. The molecule has 1 saturated heterocycles. The Morgan fingerprint density at radius 3 is 2.58 bits per heavy atom. The van der Waals surface area contributed by atoms with Gasteiger partial charge in [-0.2, -0.15) is 5.10 Å². The van der Waals surface area contributed by atoms with Crippen molar-refractivity contribution in [2.45, 2.75) is 59.9 Å². The fourth-order valence-electron chi connectivity index (χ4n) is 3.41. The molecule has 0 radical (unpaired) electrons. The maximum Gasteiger partial charge on any atom is 0.156 e. The van der Waals surface area contributed by atoms with Crippen LogP contribution in [0.3, 0.4) is 0 Å². The zero-order valence-electron chi connectivity index (χ0n) is 17.0. The first-order valence-corrected chi connectivity index (χ1v) is 9.71. The number of aromatic nitrogens is 2. The van der Waals surface area contributed by atoms with Gasteiger partial charge in [-0.1, -0.05) is 27.2 Å². The molecule has 1 aliphatic rings. The van der Waals surface area contributed by atoms with Crippen molar-refractivity contribution in [1.29, 1.82) is 0 Å². The molecule has 0 saturated carbocycles. The molecule has 2 heterocycles. The molecule has 2 N–H and O–H groups in total. The van der Waals surface area contributed by atoms with Crippen molar-refractivity contribution < 1.29 is 4.39 Å². The Hall–Kier alpha value is -1.75. The molecule has 4 nitrogen and oxygen atoms in total. The van der Waals surface area contributed by atoms with E-state index in [2.05, 4.69) is 41.6 Å². The summed E-state index contributed by atoms with van der Waals surface area (Å²) in [6, 6.07) is 4.11. The van der Waals surface area contributed by atoms with Crippen LogP contribution in [-0.4, -0.2) is 29.8 Å². The summed E-state index contributed by atoms with van der Waals surface area (Å²) < 4.78 is 13.4. The van der Waals surface area contributed by atoms with E-state index in [1.54, 1.807) is 20.0 Å². The average Bonchev–Trinajstić information content (AvgIpc) is 3.02. The van der Waals surface area contributed by atoms with E-state index >= 15 is 0 Å². The third-order valence-electron chi connectivity index (χ3n) is 5.53.